The van der Waals surface area contributed by atoms with Crippen LogP contribution in [-0.2, 0) is 38.0 Å². The molecule has 0 aliphatic carbocycles. The third-order valence-electron chi connectivity index (χ3n) is 8.22. The van der Waals surface area contributed by atoms with Crippen LogP contribution in [0, 0.1) is 0 Å². The maximum Gasteiger partial charge on any atom is 0 e. The summed E-state index contributed by atoms with van der Waals surface area (Å²) in [5.41, 5.74) is -3.09. The van der Waals surface area contributed by atoms with Crippen molar-refractivity contribution in [2.24, 2.45) is 0 Å². The molecule has 0 aromatic heterocycles. The molecule has 0 bridgehead atoms. The molecule has 0 atom stereocenters. The third kappa shape index (κ3) is 12.4. The summed E-state index contributed by atoms with van der Waals surface area (Å²) in [6.45, 7) is 4.43. The Bertz CT molecular complexity index is 1710. The number of halogens is 11. The van der Waals surface area contributed by atoms with Gasteiger partial charge < -0.3 is 5.32 Å². The van der Waals surface area contributed by atoms with Crippen LogP contribution in [0.5, 0.6) is 0 Å². The first kappa shape index (κ1) is 47.2. The molecule has 298 valence electrons. The van der Waals surface area contributed by atoms with Gasteiger partial charge in [-0.15, -0.1) is 0 Å². The average molecular weight is 956 g/mol. The molecule has 5 rings (SSSR count). The van der Waals surface area contributed by atoms with E-state index in [0.717, 1.165) is 49.5 Å². The van der Waals surface area contributed by atoms with Crippen LogP contribution in [-0.4, -0.2) is 30.8 Å². The Morgan fingerprint density at radius 1 is 0.527 bits per heavy atom. The third-order valence-corrected chi connectivity index (χ3v) is 18.8. The summed E-state index contributed by atoms with van der Waals surface area (Å²) < 4.78 is 117. The number of hydrogen-bond donors (Lipinski definition) is 1. The van der Waals surface area contributed by atoms with Crippen LogP contribution in [0.3, 0.4) is 0 Å². The fraction of sp³-hybridized carbons (Fsp3) is 0.231. The van der Waals surface area contributed by atoms with Crippen molar-refractivity contribution in [1.82, 2.24) is 5.32 Å². The van der Waals surface area contributed by atoms with E-state index in [1.54, 1.807) is 0 Å². The van der Waals surface area contributed by atoms with Gasteiger partial charge in [-0.1, -0.05) is 67.6 Å². The predicted octanol–water partition coefficient (Wildman–Crippen LogP) is 11.3. The minimum atomic E-state index is -4.79. The smallest absolute Gasteiger partial charge is 0 e. The van der Waals surface area contributed by atoms with Gasteiger partial charge in [0.2, 0.25) is 0 Å². The molecule has 0 saturated heterocycles. The van der Waals surface area contributed by atoms with Gasteiger partial charge in [-0.05, 0) is 37.0 Å². The molecular formula is C39H36Cl2F9NP2RuS. The fourth-order valence-corrected chi connectivity index (χ4v) is 13.2. The molecule has 0 spiro atoms. The molecular weight excluding hydrogens is 919 g/mol. The molecule has 5 aromatic carbocycles. The maximum absolute atomic E-state index is 13.0. The van der Waals surface area contributed by atoms with Crippen LogP contribution in [0.4, 0.5) is 39.5 Å². The van der Waals surface area contributed by atoms with Crippen LogP contribution < -0.4 is 31.8 Å². The van der Waals surface area contributed by atoms with Gasteiger partial charge in [-0.25, -0.2) is 0 Å². The second-order valence-corrected chi connectivity index (χ2v) is 23.5. The van der Waals surface area contributed by atoms with Crippen LogP contribution in [0.2, 0.25) is 0 Å². The summed E-state index contributed by atoms with van der Waals surface area (Å²) >= 11 is 15.8. The first-order chi connectivity index (χ1) is 25.3. The van der Waals surface area contributed by atoms with Crippen molar-refractivity contribution in [2.75, 3.05) is 30.8 Å². The number of benzene rings is 5. The Morgan fingerprint density at radius 3 is 1.15 bits per heavy atom. The van der Waals surface area contributed by atoms with Crippen molar-refractivity contribution in [3.05, 3.63) is 150 Å². The standard InChI is InChI=1S/C21H12Cl2F9P.C18H24NPS.Ru/c22-33(23,16-7-1-13(2-8-16)19(24,25)26,17-9-3-14(4-10-17)20(27,28)29)18-11-5-15(6-12-18)21(30,31)32;1-2-21-16-14-19-13-15-20(17-9-5-3-6-10-17)18-11-7-4-8-12-18;/h1-12H;3-12,19H,2,13-16H2,1H3;. The largest absolute Gasteiger partial charge is 0 e. The van der Waals surface area contributed by atoms with Gasteiger partial charge in [-0.3, -0.25) is 0 Å². The van der Waals surface area contributed by atoms with Gasteiger partial charge in [0.1, 0.15) is 0 Å². The number of hydrogen-bond acceptors (Lipinski definition) is 2. The van der Waals surface area contributed by atoms with E-state index in [0.29, 0.717) is 36.4 Å². The molecule has 0 radical (unpaired) electrons. The second-order valence-electron chi connectivity index (χ2n) is 11.8. The summed E-state index contributed by atoms with van der Waals surface area (Å²) in [5, 5.41) is 1.49. The van der Waals surface area contributed by atoms with Crippen molar-refractivity contribution in [3.63, 3.8) is 0 Å². The minimum Gasteiger partial charge on any atom is 0 e. The van der Waals surface area contributed by atoms with Gasteiger partial charge in [0.15, 0.2) is 0 Å². The van der Waals surface area contributed by atoms with Crippen LogP contribution in [0.25, 0.3) is 0 Å². The SMILES string of the molecule is CCSCCNCCP(c1ccccc1)c1ccccc1.FC(F)(F)c1ccc(P(Cl)(Cl)(c2ccc(C(F)(F)F)cc2)c2ccc(C(F)(F)F)cc2)cc1.[Ru]. The predicted molar refractivity (Wildman–Crippen MR) is 212 cm³/mol. The number of thioether (sulfide) groups is 1. The minimum absolute atomic E-state index is 0. The molecule has 1 nitrogen and oxygen atoms in total. The molecule has 0 aliphatic rings. The zero-order valence-electron chi connectivity index (χ0n) is 29.1. The number of alkyl halides is 9. The molecule has 16 heteroatoms. The summed E-state index contributed by atoms with van der Waals surface area (Å²) in [5.74, 6) is 2.42. The molecule has 55 heavy (non-hydrogen) atoms. The summed E-state index contributed by atoms with van der Waals surface area (Å²) in [7, 11) is -0.245. The van der Waals surface area contributed by atoms with Gasteiger partial charge in [-0.2, -0.15) is 11.8 Å². The van der Waals surface area contributed by atoms with Crippen LogP contribution in [0.1, 0.15) is 23.6 Å². The molecule has 0 heterocycles. The molecule has 5 aromatic rings. The molecule has 0 unspecified atom stereocenters. The monoisotopic (exact) mass is 955 g/mol. The van der Waals surface area contributed by atoms with E-state index in [1.165, 1.54) is 28.3 Å². The first-order valence-corrected chi connectivity index (χ1v) is 23.2. The van der Waals surface area contributed by atoms with E-state index >= 15 is 0 Å². The van der Waals surface area contributed by atoms with Crippen LogP contribution in [0.15, 0.2) is 133 Å². The van der Waals surface area contributed by atoms with E-state index < -0.39 is 40.5 Å². The number of rotatable bonds is 12. The topological polar surface area (TPSA) is 12.0 Å². The Labute approximate surface area is 342 Å². The van der Waals surface area contributed by atoms with E-state index in [9.17, 15) is 39.5 Å². The van der Waals surface area contributed by atoms with E-state index in [1.807, 2.05) is 11.8 Å². The summed E-state index contributed by atoms with van der Waals surface area (Å²) in [6, 6.07) is 31.8. The van der Waals surface area contributed by atoms with E-state index in [4.69, 9.17) is 22.5 Å². The fourth-order valence-electron chi connectivity index (χ4n) is 5.41. The zero-order valence-corrected chi connectivity index (χ0v) is 34.9. The Morgan fingerprint density at radius 2 is 0.855 bits per heavy atom. The zero-order chi connectivity index (χ0) is 39.6. The molecule has 0 aliphatic heterocycles. The van der Waals surface area contributed by atoms with E-state index in [-0.39, 0.29) is 43.3 Å². The molecule has 0 amide bonds. The Hall–Kier alpha value is -2.16. The maximum atomic E-state index is 13.0. The molecule has 0 saturated carbocycles. The first-order valence-electron chi connectivity index (χ1n) is 16.5. The van der Waals surface area contributed by atoms with Crippen LogP contribution >= 0.6 is 47.5 Å². The van der Waals surface area contributed by atoms with Crippen molar-refractivity contribution < 1.29 is 59.0 Å². The van der Waals surface area contributed by atoms with Gasteiger partial charge in [0, 0.05) is 31.8 Å². The molecule has 0 fully saturated rings. The van der Waals surface area contributed by atoms with Gasteiger partial charge >= 0.3 is 191 Å². The average Bonchev–Trinajstić information content (AvgIpc) is 3.15. The van der Waals surface area contributed by atoms with Gasteiger partial charge in [0.25, 0.3) is 0 Å². The Balaban J connectivity index is 0.000000319. The van der Waals surface area contributed by atoms with Crippen molar-refractivity contribution in [2.45, 2.75) is 25.5 Å². The molecule has 1 N–H and O–H groups in total. The number of nitrogens with one attached hydrogen (secondary N) is 1. The summed E-state index contributed by atoms with van der Waals surface area (Å²) in [6.07, 6.45) is -12.8. The normalized spacial score (nSPS) is 12.9. The second kappa shape index (κ2) is 20.0. The Kier molecular flexibility index (Phi) is 17.2. The van der Waals surface area contributed by atoms with Crippen molar-refractivity contribution in [1.29, 1.82) is 0 Å². The van der Waals surface area contributed by atoms with E-state index in [2.05, 4.69) is 72.9 Å². The van der Waals surface area contributed by atoms with Crippen molar-refractivity contribution in [3.8, 4) is 0 Å². The quantitative estimate of drug-likeness (QED) is 0.0579. The van der Waals surface area contributed by atoms with Crippen molar-refractivity contribution >= 4 is 74.0 Å². The summed E-state index contributed by atoms with van der Waals surface area (Å²) in [4.78, 5) is 0. The van der Waals surface area contributed by atoms with Gasteiger partial charge in [0.05, 0.1) is 0 Å².